The Morgan fingerprint density at radius 3 is 2.16 bits per heavy atom. The first-order valence-electron chi connectivity index (χ1n) is 9.00. The zero-order chi connectivity index (χ0) is 17.4. The standard InChI is InChI=1S/C20H28O3S.K/c1-2-3-4-5-6-7-8-9-11-17-14-15-19-18(16-17)12-10-13-20(19)24(21,22)23;/h10,12-16H,2-9,11H2,1H3,(H,21,22,23);/q;+1/p-1. The molecule has 0 bridgehead atoms. The maximum atomic E-state index is 11.3. The Morgan fingerprint density at radius 1 is 0.880 bits per heavy atom. The van der Waals surface area contributed by atoms with Crippen LogP contribution in [0, 0.1) is 0 Å². The van der Waals surface area contributed by atoms with Gasteiger partial charge >= 0.3 is 51.4 Å². The number of benzene rings is 2. The molecule has 2 aromatic rings. The van der Waals surface area contributed by atoms with Crippen molar-refractivity contribution in [1.29, 1.82) is 0 Å². The molecule has 0 radical (unpaired) electrons. The van der Waals surface area contributed by atoms with Gasteiger partial charge in [-0.25, -0.2) is 8.42 Å². The van der Waals surface area contributed by atoms with Crippen molar-refractivity contribution >= 4 is 20.9 Å². The van der Waals surface area contributed by atoms with E-state index in [4.69, 9.17) is 0 Å². The number of hydrogen-bond donors (Lipinski definition) is 0. The first-order chi connectivity index (χ1) is 11.5. The largest absolute Gasteiger partial charge is 1.00 e. The fourth-order valence-electron chi connectivity index (χ4n) is 3.14. The van der Waals surface area contributed by atoms with Gasteiger partial charge in [0.15, 0.2) is 0 Å². The van der Waals surface area contributed by atoms with E-state index in [-0.39, 0.29) is 56.3 Å². The van der Waals surface area contributed by atoms with Crippen LogP contribution in [0.25, 0.3) is 10.8 Å². The van der Waals surface area contributed by atoms with Gasteiger partial charge in [-0.2, -0.15) is 0 Å². The zero-order valence-electron chi connectivity index (χ0n) is 15.5. The summed E-state index contributed by atoms with van der Waals surface area (Å²) < 4.78 is 33.9. The molecule has 0 unspecified atom stereocenters. The zero-order valence-corrected chi connectivity index (χ0v) is 19.4. The fraction of sp³-hybridized carbons (Fsp3) is 0.500. The number of unbranched alkanes of at least 4 members (excludes halogenated alkanes) is 7. The van der Waals surface area contributed by atoms with Crippen LogP contribution >= 0.6 is 0 Å². The van der Waals surface area contributed by atoms with Crippen LogP contribution < -0.4 is 51.4 Å². The van der Waals surface area contributed by atoms with Crippen LogP contribution in [0.4, 0.5) is 0 Å². The van der Waals surface area contributed by atoms with E-state index in [0.717, 1.165) is 18.2 Å². The van der Waals surface area contributed by atoms with Gasteiger partial charge in [0.25, 0.3) is 0 Å². The van der Waals surface area contributed by atoms with Crippen molar-refractivity contribution in [3.63, 3.8) is 0 Å². The number of hydrogen-bond acceptors (Lipinski definition) is 3. The first kappa shape index (κ1) is 23.3. The van der Waals surface area contributed by atoms with Gasteiger partial charge in [0, 0.05) is 0 Å². The topological polar surface area (TPSA) is 57.2 Å². The van der Waals surface area contributed by atoms with Crippen LogP contribution in [0.15, 0.2) is 41.3 Å². The van der Waals surface area contributed by atoms with E-state index in [0.29, 0.717) is 5.39 Å². The second-order valence-electron chi connectivity index (χ2n) is 6.49. The van der Waals surface area contributed by atoms with E-state index in [2.05, 4.69) is 6.92 Å². The summed E-state index contributed by atoms with van der Waals surface area (Å²) in [4.78, 5) is -0.126. The third-order valence-electron chi connectivity index (χ3n) is 4.49. The van der Waals surface area contributed by atoms with E-state index < -0.39 is 10.1 Å². The third-order valence-corrected chi connectivity index (χ3v) is 5.39. The summed E-state index contributed by atoms with van der Waals surface area (Å²) in [5.74, 6) is 0. The van der Waals surface area contributed by atoms with Gasteiger partial charge in [0.1, 0.15) is 10.1 Å². The summed E-state index contributed by atoms with van der Waals surface area (Å²) in [5, 5.41) is 1.34. The average Bonchev–Trinajstić information content (AvgIpc) is 2.55. The van der Waals surface area contributed by atoms with Crippen molar-refractivity contribution in [2.24, 2.45) is 0 Å². The van der Waals surface area contributed by atoms with Crippen LogP contribution in [0.2, 0.25) is 0 Å². The molecule has 132 valence electrons. The number of aryl methyl sites for hydroxylation is 1. The van der Waals surface area contributed by atoms with E-state index in [1.807, 2.05) is 18.2 Å². The molecule has 0 saturated heterocycles. The maximum absolute atomic E-state index is 11.3. The second-order valence-corrected chi connectivity index (χ2v) is 7.84. The van der Waals surface area contributed by atoms with Gasteiger partial charge < -0.3 is 4.55 Å². The molecule has 0 spiro atoms. The van der Waals surface area contributed by atoms with E-state index in [1.54, 1.807) is 12.1 Å². The van der Waals surface area contributed by atoms with Crippen LogP contribution in [-0.4, -0.2) is 13.0 Å². The minimum atomic E-state index is -4.43. The minimum Gasteiger partial charge on any atom is -0.744 e. The van der Waals surface area contributed by atoms with Crippen molar-refractivity contribution in [1.82, 2.24) is 0 Å². The molecule has 3 nitrogen and oxygen atoms in total. The van der Waals surface area contributed by atoms with Gasteiger partial charge in [-0.05, 0) is 35.2 Å². The van der Waals surface area contributed by atoms with Crippen molar-refractivity contribution in [3.8, 4) is 0 Å². The van der Waals surface area contributed by atoms with Crippen molar-refractivity contribution < 1.29 is 64.4 Å². The van der Waals surface area contributed by atoms with Crippen LogP contribution in [-0.2, 0) is 16.5 Å². The molecule has 0 atom stereocenters. The second kappa shape index (κ2) is 11.9. The van der Waals surface area contributed by atoms with Gasteiger partial charge in [0.05, 0.1) is 4.90 Å². The van der Waals surface area contributed by atoms with E-state index in [1.165, 1.54) is 56.6 Å². The monoisotopic (exact) mass is 386 g/mol. The molecule has 0 aliphatic heterocycles. The summed E-state index contributed by atoms with van der Waals surface area (Å²) in [5.41, 5.74) is 1.20. The van der Waals surface area contributed by atoms with Crippen molar-refractivity contribution in [3.05, 3.63) is 42.0 Å². The normalized spacial score (nSPS) is 11.4. The Bertz CT molecular complexity index is 757. The minimum absolute atomic E-state index is 0. The van der Waals surface area contributed by atoms with Gasteiger partial charge in [-0.3, -0.25) is 0 Å². The molecule has 0 aliphatic carbocycles. The molecular formula is C20H27KO3S. The molecular weight excluding hydrogens is 359 g/mol. The molecule has 2 rings (SSSR count). The molecule has 0 aliphatic rings. The van der Waals surface area contributed by atoms with Crippen LogP contribution in [0.3, 0.4) is 0 Å². The Labute approximate surface area is 194 Å². The first-order valence-corrected chi connectivity index (χ1v) is 10.4. The molecule has 0 saturated carbocycles. The molecule has 5 heteroatoms. The Morgan fingerprint density at radius 2 is 1.52 bits per heavy atom. The van der Waals surface area contributed by atoms with Crippen molar-refractivity contribution in [2.45, 2.75) is 69.6 Å². The Hall–Kier alpha value is 0.246. The molecule has 2 aromatic carbocycles. The van der Waals surface area contributed by atoms with Gasteiger partial charge in [-0.1, -0.05) is 82.2 Å². The average molecular weight is 387 g/mol. The van der Waals surface area contributed by atoms with Gasteiger partial charge in [-0.15, -0.1) is 0 Å². The molecule has 25 heavy (non-hydrogen) atoms. The molecule has 0 fully saturated rings. The molecule has 0 heterocycles. The third kappa shape index (κ3) is 7.79. The molecule has 0 aromatic heterocycles. The quantitative estimate of drug-likeness (QED) is 0.358. The summed E-state index contributed by atoms with van der Waals surface area (Å²) in [6.07, 6.45) is 11.3. The predicted molar refractivity (Wildman–Crippen MR) is 98.2 cm³/mol. The summed E-state index contributed by atoms with van der Waals surface area (Å²) in [7, 11) is -4.43. The van der Waals surface area contributed by atoms with Gasteiger partial charge in [0.2, 0.25) is 0 Å². The van der Waals surface area contributed by atoms with E-state index >= 15 is 0 Å². The summed E-state index contributed by atoms with van der Waals surface area (Å²) in [6.45, 7) is 2.24. The van der Waals surface area contributed by atoms with Crippen LogP contribution in [0.1, 0.15) is 63.9 Å². The fourth-order valence-corrected chi connectivity index (χ4v) is 3.84. The Balaban J connectivity index is 0.00000312. The summed E-state index contributed by atoms with van der Waals surface area (Å²) in [6, 6.07) is 10.6. The maximum Gasteiger partial charge on any atom is 1.00 e. The Kier molecular flexibility index (Phi) is 11.0. The van der Waals surface area contributed by atoms with Crippen LogP contribution in [0.5, 0.6) is 0 Å². The summed E-state index contributed by atoms with van der Waals surface area (Å²) >= 11 is 0. The molecule has 0 N–H and O–H groups in total. The smallest absolute Gasteiger partial charge is 0.744 e. The van der Waals surface area contributed by atoms with Crippen molar-refractivity contribution in [2.75, 3.05) is 0 Å². The number of fused-ring (bicyclic) bond motifs is 1. The molecule has 0 amide bonds. The predicted octanol–water partition coefficient (Wildman–Crippen LogP) is 2.43. The SMILES string of the molecule is CCCCCCCCCCc1ccc2c(S(=O)(=O)[O-])cccc2c1.[K+]. The van der Waals surface area contributed by atoms with E-state index in [9.17, 15) is 13.0 Å². The number of rotatable bonds is 10.